The second-order valence-electron chi connectivity index (χ2n) is 5.62. The van der Waals surface area contributed by atoms with Gasteiger partial charge in [-0.05, 0) is 50.7 Å². The molecule has 1 N–H and O–H groups in total. The molecule has 0 aromatic heterocycles. The zero-order valence-electron chi connectivity index (χ0n) is 11.7. The second kappa shape index (κ2) is 6.56. The molecule has 0 aliphatic heterocycles. The molecule has 0 heterocycles. The highest BCUT2D eigenvalue weighted by Crippen LogP contribution is 2.24. The van der Waals surface area contributed by atoms with Gasteiger partial charge in [0.2, 0.25) is 5.91 Å². The third-order valence-electron chi connectivity index (χ3n) is 3.88. The van der Waals surface area contributed by atoms with Crippen LogP contribution in [0.3, 0.4) is 0 Å². The Kier molecular flexibility index (Phi) is 5.03. The number of alkyl halides is 1. The predicted molar refractivity (Wildman–Crippen MR) is 82.7 cm³/mol. The average Bonchev–Trinajstić information content (AvgIpc) is 2.37. The molecule has 104 valence electrons. The highest BCUT2D eigenvalue weighted by Gasteiger charge is 2.20. The number of carbonyl (C=O) groups is 1. The van der Waals surface area contributed by atoms with Gasteiger partial charge in [0.25, 0.3) is 0 Å². The maximum Gasteiger partial charge on any atom is 0.224 e. The van der Waals surface area contributed by atoms with E-state index in [2.05, 4.69) is 53.3 Å². The van der Waals surface area contributed by atoms with Crippen molar-refractivity contribution in [3.63, 3.8) is 0 Å². The molecule has 2 rings (SSSR count). The van der Waals surface area contributed by atoms with E-state index in [1.807, 2.05) is 0 Å². The topological polar surface area (TPSA) is 29.1 Å². The van der Waals surface area contributed by atoms with Crippen LogP contribution in [0.25, 0.3) is 0 Å². The number of amides is 1. The quantitative estimate of drug-likeness (QED) is 0.845. The first kappa shape index (κ1) is 14.6. The number of carbonyl (C=O) groups excluding carboxylic acids is 1. The Morgan fingerprint density at radius 3 is 2.63 bits per heavy atom. The summed E-state index contributed by atoms with van der Waals surface area (Å²) in [5, 5.41) is 3.17. The molecule has 1 aliphatic carbocycles. The number of benzene rings is 1. The van der Waals surface area contributed by atoms with E-state index < -0.39 is 0 Å². The van der Waals surface area contributed by atoms with Gasteiger partial charge < -0.3 is 5.32 Å². The summed E-state index contributed by atoms with van der Waals surface area (Å²) in [6.45, 7) is 4.14. The summed E-state index contributed by atoms with van der Waals surface area (Å²) < 4.78 is 0. The molecular formula is C16H22BrNO. The lowest BCUT2D eigenvalue weighted by atomic mass is 9.95. The molecule has 0 saturated heterocycles. The van der Waals surface area contributed by atoms with Crippen LogP contribution in [0.5, 0.6) is 0 Å². The van der Waals surface area contributed by atoms with Gasteiger partial charge >= 0.3 is 0 Å². The average molecular weight is 324 g/mol. The fraction of sp³-hybridized carbons (Fsp3) is 0.562. The second-order valence-corrected chi connectivity index (χ2v) is 6.92. The van der Waals surface area contributed by atoms with Crippen molar-refractivity contribution in [2.75, 3.05) is 0 Å². The molecule has 1 saturated carbocycles. The minimum Gasteiger partial charge on any atom is -0.353 e. The summed E-state index contributed by atoms with van der Waals surface area (Å²) in [4.78, 5) is 12.7. The number of halogens is 1. The monoisotopic (exact) mass is 323 g/mol. The van der Waals surface area contributed by atoms with E-state index in [-0.39, 0.29) is 5.91 Å². The summed E-state index contributed by atoms with van der Waals surface area (Å²) in [5.41, 5.74) is 3.56. The van der Waals surface area contributed by atoms with Crippen molar-refractivity contribution < 1.29 is 4.79 Å². The minimum atomic E-state index is 0.159. The number of rotatable bonds is 3. The van der Waals surface area contributed by atoms with Crippen molar-refractivity contribution in [2.45, 2.75) is 56.8 Å². The summed E-state index contributed by atoms with van der Waals surface area (Å²) in [6, 6.07) is 6.66. The van der Waals surface area contributed by atoms with E-state index in [4.69, 9.17) is 0 Å². The van der Waals surface area contributed by atoms with E-state index in [0.717, 1.165) is 31.2 Å². The Morgan fingerprint density at radius 2 is 1.95 bits per heavy atom. The van der Waals surface area contributed by atoms with Crippen LogP contribution in [-0.2, 0) is 11.2 Å². The normalized spacial score (nSPS) is 23.1. The number of hydrogen-bond donors (Lipinski definition) is 1. The fourth-order valence-corrected chi connectivity index (χ4v) is 3.17. The van der Waals surface area contributed by atoms with E-state index in [1.54, 1.807) is 0 Å². The van der Waals surface area contributed by atoms with E-state index in [0.29, 0.717) is 17.3 Å². The zero-order valence-corrected chi connectivity index (χ0v) is 13.3. The van der Waals surface area contributed by atoms with Crippen LogP contribution in [0.1, 0.15) is 42.4 Å². The van der Waals surface area contributed by atoms with Crippen molar-refractivity contribution in [3.8, 4) is 0 Å². The molecule has 0 spiro atoms. The first-order valence-corrected chi connectivity index (χ1v) is 7.95. The standard InChI is InChI=1S/C16H22BrNO/c1-11-3-4-12(2)13(9-11)10-16(19)18-15-7-5-14(17)6-8-15/h3-4,9,14-15H,5-8,10H2,1-2H3,(H,18,19). The highest BCUT2D eigenvalue weighted by atomic mass is 79.9. The Balaban J connectivity index is 1.89. The third kappa shape index (κ3) is 4.34. The lowest BCUT2D eigenvalue weighted by Gasteiger charge is -2.26. The van der Waals surface area contributed by atoms with E-state index in [9.17, 15) is 4.79 Å². The lowest BCUT2D eigenvalue weighted by molar-refractivity contribution is -0.121. The highest BCUT2D eigenvalue weighted by molar-refractivity contribution is 9.09. The Bertz CT molecular complexity index is 450. The summed E-state index contributed by atoms with van der Waals surface area (Å²) in [7, 11) is 0. The van der Waals surface area contributed by atoms with Gasteiger partial charge in [0, 0.05) is 10.9 Å². The number of hydrogen-bond acceptors (Lipinski definition) is 1. The maximum atomic E-state index is 12.1. The van der Waals surface area contributed by atoms with Gasteiger partial charge in [-0.3, -0.25) is 4.79 Å². The zero-order chi connectivity index (χ0) is 13.8. The Hall–Kier alpha value is -0.830. The lowest BCUT2D eigenvalue weighted by Crippen LogP contribution is -2.38. The SMILES string of the molecule is Cc1ccc(C)c(CC(=O)NC2CCC(Br)CC2)c1. The van der Waals surface area contributed by atoms with Crippen molar-refractivity contribution in [1.82, 2.24) is 5.32 Å². The first-order valence-electron chi connectivity index (χ1n) is 7.04. The molecule has 1 amide bonds. The molecule has 1 aromatic carbocycles. The molecule has 2 nitrogen and oxygen atoms in total. The molecule has 3 heteroatoms. The molecule has 1 aromatic rings. The summed E-state index contributed by atoms with van der Waals surface area (Å²) in [6.07, 6.45) is 5.01. The number of nitrogens with one attached hydrogen (secondary N) is 1. The number of aryl methyl sites for hydroxylation is 2. The molecule has 1 aliphatic rings. The van der Waals surface area contributed by atoms with Crippen molar-refractivity contribution >= 4 is 21.8 Å². The molecule has 1 fully saturated rings. The third-order valence-corrected chi connectivity index (χ3v) is 4.79. The van der Waals surface area contributed by atoms with Crippen molar-refractivity contribution in [2.24, 2.45) is 0 Å². The smallest absolute Gasteiger partial charge is 0.224 e. The van der Waals surface area contributed by atoms with E-state index >= 15 is 0 Å². The molecular weight excluding hydrogens is 302 g/mol. The Labute approximate surface area is 124 Å². The van der Waals surface area contributed by atoms with Crippen LogP contribution >= 0.6 is 15.9 Å². The van der Waals surface area contributed by atoms with Gasteiger partial charge in [-0.25, -0.2) is 0 Å². The van der Waals surface area contributed by atoms with Gasteiger partial charge in [0.15, 0.2) is 0 Å². The largest absolute Gasteiger partial charge is 0.353 e. The van der Waals surface area contributed by atoms with Crippen LogP contribution in [0, 0.1) is 13.8 Å². The Morgan fingerprint density at radius 1 is 1.26 bits per heavy atom. The summed E-state index contributed by atoms with van der Waals surface area (Å²) >= 11 is 3.64. The van der Waals surface area contributed by atoms with Gasteiger partial charge in [-0.15, -0.1) is 0 Å². The molecule has 0 unspecified atom stereocenters. The first-order chi connectivity index (χ1) is 9.04. The molecule has 0 atom stereocenters. The summed E-state index contributed by atoms with van der Waals surface area (Å²) in [5.74, 6) is 0.159. The molecule has 19 heavy (non-hydrogen) atoms. The van der Waals surface area contributed by atoms with Crippen LogP contribution in [0.15, 0.2) is 18.2 Å². The van der Waals surface area contributed by atoms with E-state index in [1.165, 1.54) is 11.1 Å². The van der Waals surface area contributed by atoms with Gasteiger partial charge in [0.1, 0.15) is 0 Å². The van der Waals surface area contributed by atoms with Crippen LogP contribution in [0.2, 0.25) is 0 Å². The van der Waals surface area contributed by atoms with Crippen LogP contribution < -0.4 is 5.32 Å². The minimum absolute atomic E-state index is 0.159. The van der Waals surface area contributed by atoms with Crippen LogP contribution in [-0.4, -0.2) is 16.8 Å². The van der Waals surface area contributed by atoms with Crippen molar-refractivity contribution in [1.29, 1.82) is 0 Å². The van der Waals surface area contributed by atoms with Crippen molar-refractivity contribution in [3.05, 3.63) is 34.9 Å². The van der Waals surface area contributed by atoms with Gasteiger partial charge in [-0.1, -0.05) is 39.7 Å². The van der Waals surface area contributed by atoms with Crippen LogP contribution in [0.4, 0.5) is 0 Å². The fourth-order valence-electron chi connectivity index (χ4n) is 2.64. The molecule has 0 bridgehead atoms. The maximum absolute atomic E-state index is 12.1. The van der Waals surface area contributed by atoms with Gasteiger partial charge in [0.05, 0.1) is 6.42 Å². The molecule has 0 radical (unpaired) electrons. The predicted octanol–water partition coefficient (Wildman–Crippen LogP) is 3.67. The van der Waals surface area contributed by atoms with Gasteiger partial charge in [-0.2, -0.15) is 0 Å².